The lowest BCUT2D eigenvalue weighted by Crippen LogP contribution is -2.36. The van der Waals surface area contributed by atoms with Crippen LogP contribution in [0.4, 0.5) is 5.69 Å². The van der Waals surface area contributed by atoms with Crippen LogP contribution in [-0.4, -0.2) is 30.7 Å². The van der Waals surface area contributed by atoms with Gasteiger partial charge in [-0.15, -0.1) is 11.3 Å². The van der Waals surface area contributed by atoms with Gasteiger partial charge in [0.1, 0.15) is 0 Å². The zero-order valence-corrected chi connectivity index (χ0v) is 16.3. The summed E-state index contributed by atoms with van der Waals surface area (Å²) in [6.45, 7) is 3.01. The van der Waals surface area contributed by atoms with Crippen LogP contribution in [0.1, 0.15) is 36.2 Å². The number of benzene rings is 1. The molecule has 0 aliphatic rings. The van der Waals surface area contributed by atoms with Crippen LogP contribution in [0.3, 0.4) is 0 Å². The van der Waals surface area contributed by atoms with Gasteiger partial charge >= 0.3 is 0 Å². The Labute approximate surface area is 155 Å². The van der Waals surface area contributed by atoms with E-state index >= 15 is 0 Å². The van der Waals surface area contributed by atoms with Crippen molar-refractivity contribution in [3.63, 3.8) is 0 Å². The van der Waals surface area contributed by atoms with E-state index in [1.165, 1.54) is 23.3 Å². The van der Waals surface area contributed by atoms with Crippen molar-refractivity contribution in [1.29, 1.82) is 0 Å². The molecule has 1 aromatic heterocycles. The molecule has 0 saturated heterocycles. The molecular weight excluding hydrogens is 334 g/mol. The minimum absolute atomic E-state index is 0.321. The van der Waals surface area contributed by atoms with Crippen molar-refractivity contribution in [3.05, 3.63) is 52.2 Å². The maximum Gasteiger partial charge on any atom is 0.170 e. The number of rotatable bonds is 8. The normalized spacial score (nSPS) is 12.2. The monoisotopic (exact) mass is 361 g/mol. The van der Waals surface area contributed by atoms with E-state index in [9.17, 15) is 0 Å². The second kappa shape index (κ2) is 9.77. The molecule has 0 saturated carbocycles. The molecule has 0 radical (unpaired) electrons. The van der Waals surface area contributed by atoms with Crippen LogP contribution in [0.2, 0.25) is 0 Å². The molecule has 1 aromatic carbocycles. The standard InChI is InChI=1S/C19H27N3S2/c1-4-5-7-15-9-11-16(12-10-15)21-19(23)20-14-17(22(2)3)18-8-6-13-24-18/h6,8-13,17H,4-5,7,14H2,1-3H3,(H2,20,21,23). The summed E-state index contributed by atoms with van der Waals surface area (Å²) in [5, 5.41) is 9.39. The van der Waals surface area contributed by atoms with E-state index in [2.05, 4.69) is 78.3 Å². The first-order valence-corrected chi connectivity index (χ1v) is 9.72. The van der Waals surface area contributed by atoms with Gasteiger partial charge in [0.15, 0.2) is 5.11 Å². The van der Waals surface area contributed by atoms with Crippen LogP contribution in [0.5, 0.6) is 0 Å². The van der Waals surface area contributed by atoms with Crippen molar-refractivity contribution in [2.75, 3.05) is 26.0 Å². The number of thiophene rings is 1. The zero-order valence-electron chi connectivity index (χ0n) is 14.7. The Balaban J connectivity index is 1.84. The summed E-state index contributed by atoms with van der Waals surface area (Å²) in [5.41, 5.74) is 2.41. The van der Waals surface area contributed by atoms with Gasteiger partial charge < -0.3 is 15.5 Å². The maximum atomic E-state index is 5.44. The van der Waals surface area contributed by atoms with Crippen molar-refractivity contribution in [1.82, 2.24) is 10.2 Å². The second-order valence-corrected chi connectivity index (χ2v) is 7.52. The summed E-state index contributed by atoms with van der Waals surface area (Å²) in [6.07, 6.45) is 3.61. The number of likely N-dealkylation sites (N-methyl/N-ethyl adjacent to an activating group) is 1. The first-order chi connectivity index (χ1) is 11.6. The van der Waals surface area contributed by atoms with Gasteiger partial charge in [-0.3, -0.25) is 0 Å². The third-order valence-corrected chi connectivity index (χ3v) is 5.20. The van der Waals surface area contributed by atoms with Crippen molar-refractivity contribution < 1.29 is 0 Å². The Morgan fingerprint density at radius 2 is 1.96 bits per heavy atom. The van der Waals surface area contributed by atoms with Gasteiger partial charge in [-0.25, -0.2) is 0 Å². The molecule has 3 nitrogen and oxygen atoms in total. The van der Waals surface area contributed by atoms with E-state index in [4.69, 9.17) is 12.2 Å². The predicted octanol–water partition coefficient (Wildman–Crippen LogP) is 4.68. The average Bonchev–Trinajstić information content (AvgIpc) is 3.08. The number of thiocarbonyl (C=S) groups is 1. The van der Waals surface area contributed by atoms with Crippen molar-refractivity contribution in [2.24, 2.45) is 0 Å². The average molecular weight is 362 g/mol. The molecule has 1 unspecified atom stereocenters. The van der Waals surface area contributed by atoms with Crippen molar-refractivity contribution in [2.45, 2.75) is 32.2 Å². The fraction of sp³-hybridized carbons (Fsp3) is 0.421. The van der Waals surface area contributed by atoms with E-state index in [1.807, 2.05) is 0 Å². The lowest BCUT2D eigenvalue weighted by Gasteiger charge is -2.24. The van der Waals surface area contributed by atoms with Crippen LogP contribution < -0.4 is 10.6 Å². The number of nitrogens with zero attached hydrogens (tertiary/aromatic N) is 1. The van der Waals surface area contributed by atoms with Gasteiger partial charge in [0.25, 0.3) is 0 Å². The van der Waals surface area contributed by atoms with Gasteiger partial charge in [-0.05, 0) is 68.3 Å². The lowest BCUT2D eigenvalue weighted by atomic mass is 10.1. The number of aryl methyl sites for hydroxylation is 1. The predicted molar refractivity (Wildman–Crippen MR) is 110 cm³/mol. The topological polar surface area (TPSA) is 27.3 Å². The summed E-state index contributed by atoms with van der Waals surface area (Å²) >= 11 is 7.21. The summed E-state index contributed by atoms with van der Waals surface area (Å²) in [5.74, 6) is 0. The van der Waals surface area contributed by atoms with Gasteiger partial charge in [0.05, 0.1) is 6.04 Å². The molecular formula is C19H27N3S2. The van der Waals surface area contributed by atoms with E-state index < -0.39 is 0 Å². The first kappa shape index (κ1) is 18.9. The molecule has 0 bridgehead atoms. The number of anilines is 1. The lowest BCUT2D eigenvalue weighted by molar-refractivity contribution is 0.303. The van der Waals surface area contributed by atoms with E-state index in [-0.39, 0.29) is 0 Å². The van der Waals surface area contributed by atoms with E-state index in [0.29, 0.717) is 11.2 Å². The zero-order chi connectivity index (χ0) is 17.4. The molecule has 0 aliphatic heterocycles. The Hall–Kier alpha value is -1.43. The largest absolute Gasteiger partial charge is 0.360 e. The fourth-order valence-corrected chi connectivity index (χ4v) is 3.64. The van der Waals surface area contributed by atoms with Crippen LogP contribution >= 0.6 is 23.6 Å². The molecule has 0 spiro atoms. The molecule has 2 N–H and O–H groups in total. The summed E-state index contributed by atoms with van der Waals surface area (Å²) in [7, 11) is 4.19. The highest BCUT2D eigenvalue weighted by Gasteiger charge is 2.15. The second-order valence-electron chi connectivity index (χ2n) is 6.13. The quantitative estimate of drug-likeness (QED) is 0.668. The van der Waals surface area contributed by atoms with Crippen LogP contribution in [0.25, 0.3) is 0 Å². The Bertz CT molecular complexity index is 606. The van der Waals surface area contributed by atoms with Gasteiger partial charge in [0.2, 0.25) is 0 Å². The third-order valence-electron chi connectivity index (χ3n) is 3.98. The summed E-state index contributed by atoms with van der Waals surface area (Å²) < 4.78 is 0. The smallest absolute Gasteiger partial charge is 0.170 e. The minimum atomic E-state index is 0.321. The fourth-order valence-electron chi connectivity index (χ4n) is 2.52. The highest BCUT2D eigenvalue weighted by atomic mass is 32.1. The van der Waals surface area contributed by atoms with E-state index in [0.717, 1.165) is 18.7 Å². The molecule has 2 aromatic rings. The maximum absolute atomic E-state index is 5.44. The highest BCUT2D eigenvalue weighted by molar-refractivity contribution is 7.80. The first-order valence-electron chi connectivity index (χ1n) is 8.43. The molecule has 2 rings (SSSR count). The molecule has 5 heteroatoms. The molecule has 0 fully saturated rings. The van der Waals surface area contributed by atoms with E-state index in [1.54, 1.807) is 11.3 Å². The molecule has 130 valence electrons. The molecule has 24 heavy (non-hydrogen) atoms. The van der Waals surface area contributed by atoms with Gasteiger partial charge in [0, 0.05) is 17.1 Å². The van der Waals surface area contributed by atoms with Crippen LogP contribution in [0.15, 0.2) is 41.8 Å². The van der Waals surface area contributed by atoms with Crippen LogP contribution in [-0.2, 0) is 6.42 Å². The Morgan fingerprint density at radius 3 is 2.54 bits per heavy atom. The minimum Gasteiger partial charge on any atom is -0.360 e. The molecule has 1 heterocycles. The van der Waals surface area contributed by atoms with Crippen molar-refractivity contribution >= 4 is 34.4 Å². The third kappa shape index (κ3) is 5.89. The number of unbranched alkanes of at least 4 members (excludes halogenated alkanes) is 1. The highest BCUT2D eigenvalue weighted by Crippen LogP contribution is 2.22. The Morgan fingerprint density at radius 1 is 1.21 bits per heavy atom. The molecule has 0 amide bonds. The number of nitrogens with one attached hydrogen (secondary N) is 2. The molecule has 1 atom stereocenters. The van der Waals surface area contributed by atoms with Gasteiger partial charge in [-0.1, -0.05) is 31.5 Å². The SMILES string of the molecule is CCCCc1ccc(NC(=S)NCC(c2cccs2)N(C)C)cc1. The number of hydrogen-bond donors (Lipinski definition) is 2. The molecule has 0 aliphatic carbocycles. The summed E-state index contributed by atoms with van der Waals surface area (Å²) in [6, 6.07) is 13.1. The van der Waals surface area contributed by atoms with Gasteiger partial charge in [-0.2, -0.15) is 0 Å². The summed E-state index contributed by atoms with van der Waals surface area (Å²) in [4.78, 5) is 3.56. The Kier molecular flexibility index (Phi) is 7.69. The number of hydrogen-bond acceptors (Lipinski definition) is 3. The van der Waals surface area contributed by atoms with Crippen molar-refractivity contribution in [3.8, 4) is 0 Å². The van der Waals surface area contributed by atoms with Crippen LogP contribution in [0, 0.1) is 0 Å².